The Morgan fingerprint density at radius 3 is 1.79 bits per heavy atom. The number of esters is 2. The summed E-state index contributed by atoms with van der Waals surface area (Å²) in [5.74, 6) is 1.35. The maximum absolute atomic E-state index is 11.2. The van der Waals surface area contributed by atoms with E-state index in [4.69, 9.17) is 9.47 Å². The predicted octanol–water partition coefficient (Wildman–Crippen LogP) is 4.75. The fourth-order valence-electron chi connectivity index (χ4n) is 5.05. The average molecular weight is 595 g/mol. The van der Waals surface area contributed by atoms with Crippen LogP contribution in [0.3, 0.4) is 0 Å². The Morgan fingerprint density at radius 1 is 0.846 bits per heavy atom. The van der Waals surface area contributed by atoms with Gasteiger partial charge in [0.2, 0.25) is 0 Å². The van der Waals surface area contributed by atoms with Gasteiger partial charge in [0.1, 0.15) is 0 Å². The zero-order chi connectivity index (χ0) is 28.2. The second-order valence-electron chi connectivity index (χ2n) is 10.2. The molecule has 6 atom stereocenters. The number of unbranched alkanes of at least 4 members (excludes halogenated alkanes) is 4. The monoisotopic (exact) mass is 594 g/mol. The quantitative estimate of drug-likeness (QED) is 0.0980. The second kappa shape index (κ2) is 16.1. The van der Waals surface area contributed by atoms with E-state index in [2.05, 4.69) is 34.4 Å². The van der Waals surface area contributed by atoms with Gasteiger partial charge in [-0.25, -0.2) is 19.2 Å². The number of carbonyl (C=O) groups is 4. The summed E-state index contributed by atoms with van der Waals surface area (Å²) in [6.45, 7) is 9.47. The van der Waals surface area contributed by atoms with Crippen LogP contribution in [0, 0.1) is 0 Å². The van der Waals surface area contributed by atoms with Crippen molar-refractivity contribution in [3.63, 3.8) is 0 Å². The molecule has 4 aliphatic rings. The number of ether oxygens (including phenoxy) is 2. The molecule has 0 unspecified atom stereocenters. The molecule has 4 fully saturated rings. The van der Waals surface area contributed by atoms with Gasteiger partial charge >= 0.3 is 24.0 Å². The van der Waals surface area contributed by atoms with Crippen molar-refractivity contribution >= 4 is 47.5 Å². The van der Waals surface area contributed by atoms with Crippen LogP contribution in [0.5, 0.6) is 0 Å². The van der Waals surface area contributed by atoms with Crippen LogP contribution in [0.25, 0.3) is 0 Å². The molecule has 0 saturated carbocycles. The molecule has 12 heteroatoms. The predicted molar refractivity (Wildman–Crippen MR) is 168 cm³/mol. The average Bonchev–Trinajstić information content (AvgIpc) is 3.65. The highest BCUT2D eigenvalue weighted by atomic mass is 32.2. The normalized spacial score (nSPS) is 28.0. The first-order chi connectivity index (χ1) is 18.8. The summed E-state index contributed by atoms with van der Waals surface area (Å²) in [6, 6.07) is 1.11. The first kappa shape index (κ1) is 31.2. The summed E-state index contributed by atoms with van der Waals surface area (Å²) in [4.78, 5) is 44.5. The van der Waals surface area contributed by atoms with Crippen molar-refractivity contribution in [2.24, 2.45) is 0 Å². The maximum atomic E-state index is 11.2. The number of carbonyl (C=O) groups excluding carboxylic acids is 4. The van der Waals surface area contributed by atoms with E-state index in [-0.39, 0.29) is 44.6 Å². The molecule has 0 spiro atoms. The SMILES string of the molecule is C=C(C)C(=O)OCCCCC[C@@H]1SC[C@@H]2NC(=O)N[C@@H]21.C=CC(=O)OCCCCC[C@@H]1SC[C@@H]2NC(=O)N[C@@H]21.[HH].[HH].[HH].[HH].[HH].[HH]. The van der Waals surface area contributed by atoms with Crippen LogP contribution in [0.15, 0.2) is 24.8 Å². The minimum atomic E-state index is -0.353. The van der Waals surface area contributed by atoms with Gasteiger partial charge in [0.05, 0.1) is 37.4 Å². The van der Waals surface area contributed by atoms with Gasteiger partial charge in [0.15, 0.2) is 0 Å². The molecule has 39 heavy (non-hydrogen) atoms. The van der Waals surface area contributed by atoms with Gasteiger partial charge in [-0.3, -0.25) is 0 Å². The van der Waals surface area contributed by atoms with Gasteiger partial charge in [-0.1, -0.05) is 38.8 Å². The molecule has 10 nitrogen and oxygen atoms in total. The topological polar surface area (TPSA) is 135 Å². The van der Waals surface area contributed by atoms with E-state index >= 15 is 0 Å². The third-order valence-corrected chi connectivity index (χ3v) is 10.2. The number of thioether (sulfide) groups is 2. The molecule has 0 aromatic carbocycles. The summed E-state index contributed by atoms with van der Waals surface area (Å²) in [5.41, 5.74) is 0.447. The molecular weight excluding hydrogens is 540 g/mol. The molecule has 4 heterocycles. The molecule has 4 saturated heterocycles. The first-order valence-corrected chi connectivity index (χ1v) is 15.9. The highest BCUT2D eigenvalue weighted by Gasteiger charge is 2.43. The molecule has 0 radical (unpaired) electrons. The second-order valence-corrected chi connectivity index (χ2v) is 12.8. The van der Waals surface area contributed by atoms with Gasteiger partial charge in [-0.2, -0.15) is 23.5 Å². The lowest BCUT2D eigenvalue weighted by Crippen LogP contribution is -2.36. The lowest BCUT2D eigenvalue weighted by Gasteiger charge is -2.16. The van der Waals surface area contributed by atoms with Gasteiger partial charge in [-0.15, -0.1) is 0 Å². The highest BCUT2D eigenvalue weighted by Crippen LogP contribution is 2.34. The summed E-state index contributed by atoms with van der Waals surface area (Å²) in [7, 11) is 0. The van der Waals surface area contributed by atoms with Crippen molar-refractivity contribution in [1.29, 1.82) is 0 Å². The zero-order valence-corrected chi connectivity index (χ0v) is 24.3. The maximum Gasteiger partial charge on any atom is 0.333 e. The molecular formula is C27H54N4O6S2. The Balaban J connectivity index is -0.000000330. The summed E-state index contributed by atoms with van der Waals surface area (Å²) < 4.78 is 9.97. The minimum Gasteiger partial charge on any atom is -0.463 e. The van der Waals surface area contributed by atoms with Gasteiger partial charge in [0.25, 0.3) is 0 Å². The largest absolute Gasteiger partial charge is 0.463 e. The Hall–Kier alpha value is -2.34. The van der Waals surface area contributed by atoms with Crippen molar-refractivity contribution in [3.05, 3.63) is 24.8 Å². The van der Waals surface area contributed by atoms with E-state index in [1.807, 2.05) is 23.5 Å². The van der Waals surface area contributed by atoms with E-state index in [1.54, 1.807) is 6.92 Å². The smallest absolute Gasteiger partial charge is 0.333 e. The van der Waals surface area contributed by atoms with Crippen LogP contribution in [0.2, 0.25) is 0 Å². The molecule has 0 aromatic heterocycles. The summed E-state index contributed by atoms with van der Waals surface area (Å²) in [5, 5.41) is 12.9. The van der Waals surface area contributed by atoms with Crippen LogP contribution in [0.1, 0.15) is 66.9 Å². The summed E-state index contributed by atoms with van der Waals surface area (Å²) in [6.07, 6.45) is 9.44. The molecule has 0 aromatic rings. The van der Waals surface area contributed by atoms with Crippen LogP contribution in [-0.2, 0) is 19.1 Å². The Kier molecular flexibility index (Phi) is 12.8. The lowest BCUT2D eigenvalue weighted by molar-refractivity contribution is -0.139. The number of nitrogens with one attached hydrogen (secondary N) is 4. The van der Waals surface area contributed by atoms with E-state index in [0.717, 1.165) is 62.9 Å². The third-order valence-electron chi connectivity index (χ3n) is 7.13. The number of rotatable bonds is 14. The standard InChI is InChI=1S/C14H22N2O3S.C13H20N2O3S.6H2/c1-9(2)13(17)19-7-5-3-4-6-11-12-10(8-20-11)15-14(18)16-12;1-2-11(16)18-7-5-3-4-6-10-12-9(8-19-10)14-13(17)15-12;;;;;;/h10-12H,1,3-8H2,2H3,(H2,15,16,18);2,9-10,12H,1,3-8H2,(H2,14,15,17);6*1H/t10-,11-,12-;9-,10-,12-;;;;;;/m00....../s1. The molecule has 0 aliphatic carbocycles. The van der Waals surface area contributed by atoms with Crippen molar-refractivity contribution in [2.75, 3.05) is 24.7 Å². The van der Waals surface area contributed by atoms with E-state index < -0.39 is 0 Å². The van der Waals surface area contributed by atoms with Crippen molar-refractivity contribution in [2.45, 2.75) is 93.0 Å². The van der Waals surface area contributed by atoms with Crippen molar-refractivity contribution < 1.29 is 37.2 Å². The van der Waals surface area contributed by atoms with E-state index in [0.29, 0.717) is 41.4 Å². The summed E-state index contributed by atoms with van der Waals surface area (Å²) >= 11 is 3.87. The molecule has 0 bridgehead atoms. The highest BCUT2D eigenvalue weighted by molar-refractivity contribution is 8.00. The number of hydrogen-bond acceptors (Lipinski definition) is 8. The van der Waals surface area contributed by atoms with Crippen LogP contribution in [0.4, 0.5) is 9.59 Å². The first-order valence-electron chi connectivity index (χ1n) is 13.8. The van der Waals surface area contributed by atoms with Crippen LogP contribution < -0.4 is 21.3 Å². The zero-order valence-electron chi connectivity index (χ0n) is 22.7. The minimum absolute atomic E-state index is 0. The number of amides is 4. The molecule has 4 aliphatic heterocycles. The number of hydrogen-bond donors (Lipinski definition) is 4. The molecule has 230 valence electrons. The van der Waals surface area contributed by atoms with E-state index in [9.17, 15) is 19.2 Å². The van der Waals surface area contributed by atoms with Crippen LogP contribution in [-0.4, -0.2) is 83.4 Å². The fraction of sp³-hybridized carbons (Fsp3) is 0.704. The number of fused-ring (bicyclic) bond motifs is 2. The lowest BCUT2D eigenvalue weighted by atomic mass is 10.0. The van der Waals surface area contributed by atoms with Gasteiger partial charge in [0, 0.05) is 42.2 Å². The molecule has 4 N–H and O–H groups in total. The number of urea groups is 2. The van der Waals surface area contributed by atoms with Gasteiger partial charge in [-0.05, 0) is 32.6 Å². The van der Waals surface area contributed by atoms with Gasteiger partial charge < -0.3 is 30.7 Å². The third kappa shape index (κ3) is 9.97. The van der Waals surface area contributed by atoms with Crippen molar-refractivity contribution in [3.8, 4) is 0 Å². The Labute approximate surface area is 248 Å². The fourth-order valence-corrected chi connectivity index (χ4v) is 8.14. The van der Waals surface area contributed by atoms with E-state index in [1.165, 1.54) is 6.08 Å². The Morgan fingerprint density at radius 2 is 1.33 bits per heavy atom. The Bertz CT molecular complexity index is 929. The van der Waals surface area contributed by atoms with Crippen molar-refractivity contribution in [1.82, 2.24) is 21.3 Å². The molecule has 4 rings (SSSR count). The molecule has 4 amide bonds. The van der Waals surface area contributed by atoms with Crippen LogP contribution >= 0.6 is 23.5 Å².